The minimum Gasteiger partial charge on any atom is -0.370 e. The van der Waals surface area contributed by atoms with Crippen LogP contribution in [0.25, 0.3) is 0 Å². The van der Waals surface area contributed by atoms with Crippen LogP contribution in [0.5, 0.6) is 0 Å². The molecule has 0 saturated heterocycles. The maximum absolute atomic E-state index is 5.53. The highest BCUT2D eigenvalue weighted by Gasteiger charge is 2.16. The van der Waals surface area contributed by atoms with Crippen molar-refractivity contribution in [3.05, 3.63) is 16.1 Å². The zero-order valence-electron chi connectivity index (χ0n) is 10.4. The Hall–Kier alpha value is -1.10. The predicted octanol–water partition coefficient (Wildman–Crippen LogP) is 1.52. The molecule has 0 bridgehead atoms. The van der Waals surface area contributed by atoms with Gasteiger partial charge in [-0.1, -0.05) is 20.8 Å². The third kappa shape index (κ3) is 3.81. The highest BCUT2D eigenvalue weighted by Crippen LogP contribution is 2.23. The smallest absolute Gasteiger partial charge is 0.188 e. The van der Waals surface area contributed by atoms with E-state index in [2.05, 4.69) is 41.4 Å². The Kier molecular flexibility index (Phi) is 4.29. The first-order valence-electron chi connectivity index (χ1n) is 5.34. The molecule has 0 fully saturated rings. The molecule has 0 radical (unpaired) electrons. The van der Waals surface area contributed by atoms with Crippen LogP contribution in [0.2, 0.25) is 0 Å². The van der Waals surface area contributed by atoms with E-state index in [4.69, 9.17) is 5.73 Å². The summed E-state index contributed by atoms with van der Waals surface area (Å²) in [6.07, 6.45) is 0.886. The molecule has 90 valence electrons. The monoisotopic (exact) mass is 240 g/mol. The predicted molar refractivity (Wildman–Crippen MR) is 70.1 cm³/mol. The molecule has 0 aromatic carbocycles. The molecule has 0 aliphatic carbocycles. The second kappa shape index (κ2) is 5.30. The maximum atomic E-state index is 5.53. The van der Waals surface area contributed by atoms with Crippen molar-refractivity contribution in [1.29, 1.82) is 0 Å². The minimum atomic E-state index is 0.131. The summed E-state index contributed by atoms with van der Waals surface area (Å²) in [5.74, 6) is 0.479. The van der Waals surface area contributed by atoms with Gasteiger partial charge in [0.15, 0.2) is 5.96 Å². The van der Waals surface area contributed by atoms with Gasteiger partial charge in [-0.2, -0.15) is 0 Å². The van der Waals surface area contributed by atoms with Gasteiger partial charge in [0.05, 0.1) is 10.7 Å². The van der Waals surface area contributed by atoms with E-state index >= 15 is 0 Å². The van der Waals surface area contributed by atoms with Gasteiger partial charge in [0.1, 0.15) is 0 Å². The third-order valence-corrected chi connectivity index (χ3v) is 3.11. The van der Waals surface area contributed by atoms with E-state index in [1.807, 2.05) is 0 Å². The Morgan fingerprint density at radius 2 is 2.25 bits per heavy atom. The number of guanidine groups is 1. The second-order valence-electron chi connectivity index (χ2n) is 4.66. The SMILES string of the molecule is CN=C(N)NCCc1nc(C(C)(C)C)cs1. The average Bonchev–Trinajstić information content (AvgIpc) is 2.65. The van der Waals surface area contributed by atoms with Crippen molar-refractivity contribution in [2.45, 2.75) is 32.6 Å². The lowest BCUT2D eigenvalue weighted by atomic mass is 9.93. The number of hydrogen-bond donors (Lipinski definition) is 2. The maximum Gasteiger partial charge on any atom is 0.188 e. The van der Waals surface area contributed by atoms with Crippen molar-refractivity contribution in [3.8, 4) is 0 Å². The van der Waals surface area contributed by atoms with Crippen molar-refractivity contribution >= 4 is 17.3 Å². The summed E-state index contributed by atoms with van der Waals surface area (Å²) in [7, 11) is 1.67. The quantitative estimate of drug-likeness (QED) is 0.622. The number of nitrogens with zero attached hydrogens (tertiary/aromatic N) is 2. The van der Waals surface area contributed by atoms with Crippen LogP contribution in [-0.2, 0) is 11.8 Å². The minimum absolute atomic E-state index is 0.131. The van der Waals surface area contributed by atoms with Gasteiger partial charge in [0.2, 0.25) is 0 Å². The van der Waals surface area contributed by atoms with E-state index in [0.717, 1.165) is 23.7 Å². The van der Waals surface area contributed by atoms with Crippen LogP contribution in [0.15, 0.2) is 10.4 Å². The summed E-state index contributed by atoms with van der Waals surface area (Å²) >= 11 is 1.70. The van der Waals surface area contributed by atoms with E-state index in [0.29, 0.717) is 5.96 Å². The van der Waals surface area contributed by atoms with E-state index in [1.54, 1.807) is 18.4 Å². The fraction of sp³-hybridized carbons (Fsp3) is 0.636. The fourth-order valence-electron chi connectivity index (χ4n) is 1.15. The number of hydrogen-bond acceptors (Lipinski definition) is 3. The van der Waals surface area contributed by atoms with Gasteiger partial charge < -0.3 is 11.1 Å². The van der Waals surface area contributed by atoms with E-state index in [1.165, 1.54) is 0 Å². The highest BCUT2D eigenvalue weighted by atomic mass is 32.1. The Labute approximate surface area is 101 Å². The number of nitrogens with two attached hydrogens (primary N) is 1. The summed E-state index contributed by atoms with van der Waals surface area (Å²) in [4.78, 5) is 8.43. The molecular weight excluding hydrogens is 220 g/mol. The standard InChI is InChI=1S/C11H20N4S/c1-11(2,3)8-7-16-9(15-8)5-6-14-10(12)13-4/h7H,5-6H2,1-4H3,(H3,12,13,14). The lowest BCUT2D eigenvalue weighted by Gasteiger charge is -2.14. The molecule has 1 aromatic heterocycles. The topological polar surface area (TPSA) is 63.3 Å². The van der Waals surface area contributed by atoms with E-state index < -0.39 is 0 Å². The summed E-state index contributed by atoms with van der Waals surface area (Å²) in [5.41, 5.74) is 6.82. The molecule has 16 heavy (non-hydrogen) atoms. The van der Waals surface area contributed by atoms with E-state index in [9.17, 15) is 0 Å². The number of aromatic nitrogens is 1. The van der Waals surface area contributed by atoms with Crippen LogP contribution in [0, 0.1) is 0 Å². The lowest BCUT2D eigenvalue weighted by Crippen LogP contribution is -2.32. The van der Waals surface area contributed by atoms with Crippen LogP contribution < -0.4 is 11.1 Å². The molecule has 4 nitrogen and oxygen atoms in total. The van der Waals surface area contributed by atoms with Crippen molar-refractivity contribution in [2.24, 2.45) is 10.7 Å². The van der Waals surface area contributed by atoms with Gasteiger partial charge in [-0.3, -0.25) is 4.99 Å². The van der Waals surface area contributed by atoms with Crippen molar-refractivity contribution in [3.63, 3.8) is 0 Å². The van der Waals surface area contributed by atoms with Gasteiger partial charge >= 0.3 is 0 Å². The van der Waals surface area contributed by atoms with Crippen LogP contribution >= 0.6 is 11.3 Å². The molecule has 0 aliphatic rings. The van der Waals surface area contributed by atoms with Crippen molar-refractivity contribution in [2.75, 3.05) is 13.6 Å². The Balaban J connectivity index is 2.47. The second-order valence-corrected chi connectivity index (χ2v) is 5.60. The lowest BCUT2D eigenvalue weighted by molar-refractivity contribution is 0.570. The Bertz CT molecular complexity index is 362. The number of nitrogens with one attached hydrogen (secondary N) is 1. The molecule has 5 heteroatoms. The molecule has 0 saturated carbocycles. The zero-order chi connectivity index (χ0) is 12.2. The summed E-state index contributed by atoms with van der Waals surface area (Å²) in [6, 6.07) is 0. The van der Waals surface area contributed by atoms with Crippen molar-refractivity contribution in [1.82, 2.24) is 10.3 Å². The van der Waals surface area contributed by atoms with Gasteiger partial charge in [-0.05, 0) is 0 Å². The molecule has 0 unspecified atom stereocenters. The molecular formula is C11H20N4S. The normalized spacial score (nSPS) is 12.9. The van der Waals surface area contributed by atoms with Crippen LogP contribution in [0.1, 0.15) is 31.5 Å². The van der Waals surface area contributed by atoms with Gasteiger partial charge in [0.25, 0.3) is 0 Å². The van der Waals surface area contributed by atoms with Crippen LogP contribution in [0.3, 0.4) is 0 Å². The van der Waals surface area contributed by atoms with Crippen molar-refractivity contribution < 1.29 is 0 Å². The van der Waals surface area contributed by atoms with Gasteiger partial charge in [0, 0.05) is 30.8 Å². The average molecular weight is 240 g/mol. The summed E-state index contributed by atoms with van der Waals surface area (Å²) < 4.78 is 0. The summed E-state index contributed by atoms with van der Waals surface area (Å²) in [5, 5.41) is 6.29. The van der Waals surface area contributed by atoms with Gasteiger partial charge in [-0.25, -0.2) is 4.98 Å². The van der Waals surface area contributed by atoms with Gasteiger partial charge in [-0.15, -0.1) is 11.3 Å². The molecule has 0 amide bonds. The number of aliphatic imine (C=N–C) groups is 1. The molecule has 1 rings (SSSR count). The first-order chi connectivity index (χ1) is 7.43. The molecule has 0 aliphatic heterocycles. The molecule has 3 N–H and O–H groups in total. The fourth-order valence-corrected chi connectivity index (χ4v) is 2.17. The number of rotatable bonds is 3. The molecule has 1 aromatic rings. The third-order valence-electron chi connectivity index (χ3n) is 2.21. The molecule has 0 atom stereocenters. The summed E-state index contributed by atoms with van der Waals surface area (Å²) in [6.45, 7) is 7.30. The zero-order valence-corrected chi connectivity index (χ0v) is 11.2. The first-order valence-corrected chi connectivity index (χ1v) is 6.22. The largest absolute Gasteiger partial charge is 0.370 e. The highest BCUT2D eigenvalue weighted by molar-refractivity contribution is 7.09. The van der Waals surface area contributed by atoms with E-state index in [-0.39, 0.29) is 5.41 Å². The number of thiazole rings is 1. The van der Waals surface area contributed by atoms with Crippen LogP contribution in [0.4, 0.5) is 0 Å². The molecule has 0 spiro atoms. The first kappa shape index (κ1) is 13.0. The molecule has 1 heterocycles. The van der Waals surface area contributed by atoms with Crippen LogP contribution in [-0.4, -0.2) is 24.5 Å². The Morgan fingerprint density at radius 1 is 1.56 bits per heavy atom. The Morgan fingerprint density at radius 3 is 2.75 bits per heavy atom.